The molecule has 0 bridgehead atoms. The predicted molar refractivity (Wildman–Crippen MR) is 106 cm³/mol. The molecule has 3 heterocycles. The van der Waals surface area contributed by atoms with E-state index in [1.54, 1.807) is 18.4 Å². The minimum absolute atomic E-state index is 0.713. The smallest absolute Gasteiger partial charge is 0.188 e. The summed E-state index contributed by atoms with van der Waals surface area (Å²) in [7, 11) is 1.67. The molecule has 26 heavy (non-hydrogen) atoms. The molecule has 0 atom stereocenters. The van der Waals surface area contributed by atoms with Crippen LogP contribution in [0.1, 0.15) is 11.4 Å². The molecule has 4 aromatic rings. The van der Waals surface area contributed by atoms with E-state index in [1.165, 1.54) is 0 Å². The molecule has 0 aliphatic rings. The Bertz CT molecular complexity index is 1090. The van der Waals surface area contributed by atoms with Crippen LogP contribution in [0.5, 0.6) is 5.75 Å². The molecule has 6 heteroatoms. The van der Waals surface area contributed by atoms with Crippen molar-refractivity contribution in [2.24, 2.45) is 0 Å². The molecule has 0 fully saturated rings. The molecule has 0 aliphatic carbocycles. The van der Waals surface area contributed by atoms with E-state index in [1.807, 2.05) is 49.7 Å². The molecule has 0 amide bonds. The van der Waals surface area contributed by atoms with Crippen LogP contribution in [-0.2, 0) is 0 Å². The number of methoxy groups -OCH3 is 1. The summed E-state index contributed by atoms with van der Waals surface area (Å²) < 4.78 is 5.36. The van der Waals surface area contributed by atoms with Gasteiger partial charge in [-0.15, -0.1) is 11.3 Å². The molecule has 0 radical (unpaired) electrons. The van der Waals surface area contributed by atoms with E-state index in [0.717, 1.165) is 44.3 Å². The molecule has 3 aromatic heterocycles. The minimum Gasteiger partial charge on any atom is -0.497 e. The Balaban J connectivity index is 1.87. The first-order valence-electron chi connectivity index (χ1n) is 8.24. The first-order valence-corrected chi connectivity index (χ1v) is 9.12. The van der Waals surface area contributed by atoms with Gasteiger partial charge in [0.25, 0.3) is 0 Å². The molecule has 0 saturated heterocycles. The molecular weight excluding hydrogens is 344 g/mol. The lowest BCUT2D eigenvalue weighted by Crippen LogP contribution is -1.98. The van der Waals surface area contributed by atoms with Crippen LogP contribution >= 0.6 is 11.3 Å². The molecule has 0 spiro atoms. The fourth-order valence-corrected chi connectivity index (χ4v) is 3.53. The van der Waals surface area contributed by atoms with Gasteiger partial charge in [-0.1, -0.05) is 18.2 Å². The number of nitrogens with one attached hydrogen (secondary N) is 1. The van der Waals surface area contributed by atoms with Crippen molar-refractivity contribution in [3.05, 3.63) is 59.4 Å². The number of aromatic nitrogens is 3. The molecule has 130 valence electrons. The van der Waals surface area contributed by atoms with Crippen LogP contribution in [0.25, 0.3) is 22.0 Å². The van der Waals surface area contributed by atoms with Crippen molar-refractivity contribution >= 4 is 33.2 Å². The van der Waals surface area contributed by atoms with Gasteiger partial charge in [0, 0.05) is 28.2 Å². The SMILES string of the molecule is COc1cccc(-c2cnc(Nc3nc(C)cs3)c3nc(C)ccc23)c1. The molecule has 0 saturated carbocycles. The highest BCUT2D eigenvalue weighted by molar-refractivity contribution is 7.13. The number of hydrogen-bond donors (Lipinski definition) is 1. The van der Waals surface area contributed by atoms with Gasteiger partial charge < -0.3 is 10.1 Å². The van der Waals surface area contributed by atoms with Gasteiger partial charge in [-0.25, -0.2) is 15.0 Å². The van der Waals surface area contributed by atoms with E-state index in [9.17, 15) is 0 Å². The highest BCUT2D eigenvalue weighted by atomic mass is 32.1. The lowest BCUT2D eigenvalue weighted by molar-refractivity contribution is 0.415. The highest BCUT2D eigenvalue weighted by Gasteiger charge is 2.13. The van der Waals surface area contributed by atoms with E-state index in [-0.39, 0.29) is 0 Å². The third-order valence-corrected chi connectivity index (χ3v) is 4.97. The second-order valence-electron chi connectivity index (χ2n) is 6.02. The largest absolute Gasteiger partial charge is 0.497 e. The van der Waals surface area contributed by atoms with Crippen LogP contribution in [0.3, 0.4) is 0 Å². The van der Waals surface area contributed by atoms with Gasteiger partial charge in [0.1, 0.15) is 11.3 Å². The maximum atomic E-state index is 5.36. The summed E-state index contributed by atoms with van der Waals surface area (Å²) >= 11 is 1.56. The van der Waals surface area contributed by atoms with Gasteiger partial charge in [-0.2, -0.15) is 0 Å². The Labute approximate surface area is 155 Å². The summed E-state index contributed by atoms with van der Waals surface area (Å²) in [6.45, 7) is 3.95. The van der Waals surface area contributed by atoms with Crippen molar-refractivity contribution in [3.8, 4) is 16.9 Å². The number of nitrogens with zero attached hydrogens (tertiary/aromatic N) is 3. The summed E-state index contributed by atoms with van der Waals surface area (Å²) in [6.07, 6.45) is 1.87. The maximum Gasteiger partial charge on any atom is 0.188 e. The third kappa shape index (κ3) is 3.11. The van der Waals surface area contributed by atoms with Crippen LogP contribution in [0, 0.1) is 13.8 Å². The van der Waals surface area contributed by atoms with Crippen LogP contribution in [-0.4, -0.2) is 22.1 Å². The van der Waals surface area contributed by atoms with E-state index < -0.39 is 0 Å². The number of benzene rings is 1. The molecule has 0 aliphatic heterocycles. The summed E-state index contributed by atoms with van der Waals surface area (Å²) in [5.74, 6) is 1.53. The number of aryl methyl sites for hydroxylation is 2. The van der Waals surface area contributed by atoms with Crippen LogP contribution in [0.2, 0.25) is 0 Å². The molecule has 5 nitrogen and oxygen atoms in total. The zero-order valence-corrected chi connectivity index (χ0v) is 15.6. The molecule has 4 rings (SSSR count). The topological polar surface area (TPSA) is 59.9 Å². The molecule has 1 N–H and O–H groups in total. The average Bonchev–Trinajstić information content (AvgIpc) is 3.07. The number of fused-ring (bicyclic) bond motifs is 1. The van der Waals surface area contributed by atoms with E-state index in [4.69, 9.17) is 9.72 Å². The fourth-order valence-electron chi connectivity index (χ4n) is 2.84. The first kappa shape index (κ1) is 16.5. The maximum absolute atomic E-state index is 5.36. The van der Waals surface area contributed by atoms with Gasteiger partial charge in [0.2, 0.25) is 0 Å². The number of ether oxygens (including phenoxy) is 1. The summed E-state index contributed by atoms with van der Waals surface area (Å²) in [4.78, 5) is 13.8. The van der Waals surface area contributed by atoms with Gasteiger partial charge in [0.15, 0.2) is 10.9 Å². The minimum atomic E-state index is 0.713. The lowest BCUT2D eigenvalue weighted by atomic mass is 10.0. The fraction of sp³-hybridized carbons (Fsp3) is 0.150. The van der Waals surface area contributed by atoms with Crippen LogP contribution in [0.15, 0.2) is 48.0 Å². The highest BCUT2D eigenvalue weighted by Crippen LogP contribution is 2.33. The number of rotatable bonds is 4. The van der Waals surface area contributed by atoms with E-state index in [0.29, 0.717) is 5.82 Å². The van der Waals surface area contributed by atoms with Gasteiger partial charge in [0.05, 0.1) is 12.8 Å². The third-order valence-electron chi connectivity index (χ3n) is 4.10. The van der Waals surface area contributed by atoms with Crippen molar-refractivity contribution < 1.29 is 4.74 Å². The van der Waals surface area contributed by atoms with Crippen molar-refractivity contribution in [2.75, 3.05) is 12.4 Å². The first-order chi connectivity index (χ1) is 12.6. The number of hydrogen-bond acceptors (Lipinski definition) is 6. The van der Waals surface area contributed by atoms with Crippen molar-refractivity contribution in [2.45, 2.75) is 13.8 Å². The van der Waals surface area contributed by atoms with E-state index >= 15 is 0 Å². The Morgan fingerprint density at radius 1 is 1.04 bits per heavy atom. The Kier molecular flexibility index (Phi) is 4.26. The normalized spacial score (nSPS) is 10.9. The average molecular weight is 362 g/mol. The lowest BCUT2D eigenvalue weighted by Gasteiger charge is -2.12. The summed E-state index contributed by atoms with van der Waals surface area (Å²) in [5, 5.41) is 7.16. The van der Waals surface area contributed by atoms with Crippen molar-refractivity contribution in [1.82, 2.24) is 15.0 Å². The van der Waals surface area contributed by atoms with Gasteiger partial charge in [-0.3, -0.25) is 0 Å². The summed E-state index contributed by atoms with van der Waals surface area (Å²) in [5.41, 5.74) is 4.83. The van der Waals surface area contributed by atoms with Crippen molar-refractivity contribution in [1.29, 1.82) is 0 Å². The van der Waals surface area contributed by atoms with Crippen LogP contribution < -0.4 is 10.1 Å². The number of anilines is 2. The molecular formula is C20H18N4OS. The number of pyridine rings is 2. The van der Waals surface area contributed by atoms with Gasteiger partial charge >= 0.3 is 0 Å². The second-order valence-corrected chi connectivity index (χ2v) is 6.88. The second kappa shape index (κ2) is 6.72. The Morgan fingerprint density at radius 3 is 2.69 bits per heavy atom. The zero-order valence-electron chi connectivity index (χ0n) is 14.8. The quantitative estimate of drug-likeness (QED) is 0.546. The number of thiazole rings is 1. The van der Waals surface area contributed by atoms with E-state index in [2.05, 4.69) is 27.4 Å². The zero-order chi connectivity index (χ0) is 18.1. The molecule has 0 unspecified atom stereocenters. The molecule has 1 aromatic carbocycles. The van der Waals surface area contributed by atoms with Crippen LogP contribution in [0.4, 0.5) is 10.9 Å². The monoisotopic (exact) mass is 362 g/mol. The standard InChI is InChI=1S/C20H18N4OS/c1-12-7-8-16-17(14-5-4-6-15(9-14)25-3)10-21-19(18(16)22-12)24-20-23-13(2)11-26-20/h4-11H,1-3H3,(H,21,23,24). The predicted octanol–water partition coefficient (Wildman–Crippen LogP) is 5.12. The summed E-state index contributed by atoms with van der Waals surface area (Å²) in [6, 6.07) is 12.1. The Morgan fingerprint density at radius 2 is 1.92 bits per heavy atom. The van der Waals surface area contributed by atoms with Gasteiger partial charge in [-0.05, 0) is 37.6 Å². The van der Waals surface area contributed by atoms with Crippen molar-refractivity contribution in [3.63, 3.8) is 0 Å². The Hall–Kier alpha value is -2.99.